The summed E-state index contributed by atoms with van der Waals surface area (Å²) in [5, 5.41) is 3.09. The second kappa shape index (κ2) is 7.08. The highest BCUT2D eigenvalue weighted by Gasteiger charge is 2.17. The fraction of sp³-hybridized carbons (Fsp3) is 0.250. The lowest BCUT2D eigenvalue weighted by molar-refractivity contribution is 0.211. The summed E-state index contributed by atoms with van der Waals surface area (Å²) in [5.41, 5.74) is 0.786. The number of sulfonamides is 1. The Balaban J connectivity index is 2.03. The smallest absolute Gasteiger partial charge is 0.272 e. The van der Waals surface area contributed by atoms with E-state index < -0.39 is 10.0 Å². The Morgan fingerprint density at radius 2 is 2.14 bits per heavy atom. The minimum absolute atomic E-state index is 0.150. The Morgan fingerprint density at radius 1 is 1.33 bits per heavy atom. The predicted octanol–water partition coefficient (Wildman–Crippen LogP) is 2.66. The van der Waals surface area contributed by atoms with Gasteiger partial charge in [-0.2, -0.15) is 0 Å². The monoisotopic (exact) mass is 347 g/mol. The Hall–Kier alpha value is -1.35. The number of hydrogen-bond acceptors (Lipinski definition) is 6. The Labute approximate surface area is 132 Å². The van der Waals surface area contributed by atoms with Gasteiger partial charge in [0.1, 0.15) is 10.0 Å². The molecule has 0 saturated heterocycles. The zero-order chi connectivity index (χ0) is 15.3. The maximum atomic E-state index is 12.1. The van der Waals surface area contributed by atoms with Crippen LogP contribution in [0.15, 0.2) is 34.7 Å². The lowest BCUT2D eigenvalue weighted by Crippen LogP contribution is -2.13. The summed E-state index contributed by atoms with van der Waals surface area (Å²) in [6, 6.07) is 6.32. The van der Waals surface area contributed by atoms with Crippen molar-refractivity contribution in [3.05, 3.63) is 34.8 Å². The van der Waals surface area contributed by atoms with Crippen molar-refractivity contribution < 1.29 is 13.2 Å². The van der Waals surface area contributed by atoms with Gasteiger partial charge in [0.05, 0.1) is 22.8 Å². The van der Waals surface area contributed by atoms with Crippen molar-refractivity contribution in [1.29, 1.82) is 0 Å². The second-order valence-corrected chi connectivity index (χ2v) is 7.64. The van der Waals surface area contributed by atoms with Crippen LogP contribution in [0.1, 0.15) is 0 Å². The molecule has 2 heterocycles. The molecule has 2 rings (SSSR count). The van der Waals surface area contributed by atoms with Gasteiger partial charge in [-0.05, 0) is 24.3 Å². The van der Waals surface area contributed by atoms with Gasteiger partial charge in [-0.15, -0.1) is 11.3 Å². The molecule has 0 spiro atoms. The number of methoxy groups -OCH3 is 1. The van der Waals surface area contributed by atoms with E-state index in [1.807, 2.05) is 0 Å². The molecule has 2 aromatic heterocycles. The Bertz CT molecular complexity index is 686. The van der Waals surface area contributed by atoms with Crippen LogP contribution >= 0.6 is 22.9 Å². The van der Waals surface area contributed by atoms with Crippen molar-refractivity contribution >= 4 is 44.5 Å². The van der Waals surface area contributed by atoms with E-state index >= 15 is 0 Å². The molecule has 2 aromatic rings. The summed E-state index contributed by atoms with van der Waals surface area (Å²) in [5.74, 6) is 0.247. The van der Waals surface area contributed by atoms with Crippen molar-refractivity contribution in [1.82, 2.24) is 4.98 Å². The van der Waals surface area contributed by atoms with E-state index in [4.69, 9.17) is 16.3 Å². The van der Waals surface area contributed by atoms with Gasteiger partial charge in [-0.3, -0.25) is 4.72 Å². The molecule has 6 nitrogen and oxygen atoms in total. The van der Waals surface area contributed by atoms with Crippen LogP contribution in [-0.2, 0) is 14.8 Å². The molecule has 2 N–H and O–H groups in total. The van der Waals surface area contributed by atoms with E-state index in [-0.39, 0.29) is 10.0 Å². The van der Waals surface area contributed by atoms with Crippen LogP contribution in [0.3, 0.4) is 0 Å². The third-order valence-corrected chi connectivity index (χ3v) is 5.53. The standard InChI is InChI=1S/C12H14ClN3O3S2/c1-19-7-6-14-9-2-4-11(15-8-9)16-21(17,18)12-5-3-10(13)20-12/h2-5,8,14H,6-7H2,1H3,(H,15,16). The topological polar surface area (TPSA) is 80.3 Å². The van der Waals surface area contributed by atoms with Crippen LogP contribution in [0.4, 0.5) is 11.5 Å². The van der Waals surface area contributed by atoms with Crippen molar-refractivity contribution in [3.8, 4) is 0 Å². The second-order valence-electron chi connectivity index (χ2n) is 4.02. The minimum atomic E-state index is -3.65. The molecule has 0 unspecified atom stereocenters. The largest absolute Gasteiger partial charge is 0.383 e. The normalized spacial score (nSPS) is 11.3. The highest BCUT2D eigenvalue weighted by atomic mass is 35.5. The molecule has 0 bridgehead atoms. The van der Waals surface area contributed by atoms with Crippen molar-refractivity contribution in [2.45, 2.75) is 4.21 Å². The predicted molar refractivity (Wildman–Crippen MR) is 84.7 cm³/mol. The first kappa shape index (κ1) is 16.0. The van der Waals surface area contributed by atoms with E-state index in [1.165, 1.54) is 12.1 Å². The highest BCUT2D eigenvalue weighted by Crippen LogP contribution is 2.26. The summed E-state index contributed by atoms with van der Waals surface area (Å²) in [7, 11) is -2.03. The Morgan fingerprint density at radius 3 is 2.71 bits per heavy atom. The van der Waals surface area contributed by atoms with Gasteiger partial charge in [-0.25, -0.2) is 13.4 Å². The molecule has 0 saturated carbocycles. The molecule has 9 heteroatoms. The molecular weight excluding hydrogens is 334 g/mol. The lowest BCUT2D eigenvalue weighted by Gasteiger charge is -2.08. The van der Waals surface area contributed by atoms with Crippen LogP contribution in [-0.4, -0.2) is 33.7 Å². The third-order valence-electron chi connectivity index (χ3n) is 2.45. The maximum Gasteiger partial charge on any atom is 0.272 e. The maximum absolute atomic E-state index is 12.1. The van der Waals surface area contributed by atoms with Crippen LogP contribution in [0.2, 0.25) is 4.34 Å². The SMILES string of the molecule is COCCNc1ccc(NS(=O)(=O)c2ccc(Cl)s2)nc1. The summed E-state index contributed by atoms with van der Waals surface area (Å²) >= 11 is 6.73. The van der Waals surface area contributed by atoms with Gasteiger partial charge >= 0.3 is 0 Å². The molecule has 0 amide bonds. The van der Waals surface area contributed by atoms with E-state index in [0.29, 0.717) is 17.5 Å². The van der Waals surface area contributed by atoms with Gasteiger partial charge in [0.2, 0.25) is 0 Å². The number of ether oxygens (including phenoxy) is 1. The molecule has 0 aliphatic rings. The first-order chi connectivity index (χ1) is 10.0. The van der Waals surface area contributed by atoms with Crippen molar-refractivity contribution in [2.24, 2.45) is 0 Å². The molecule has 0 aliphatic carbocycles. The number of thiophene rings is 1. The van der Waals surface area contributed by atoms with E-state index in [0.717, 1.165) is 17.0 Å². The fourth-order valence-corrected chi connectivity index (χ4v) is 3.98. The third kappa shape index (κ3) is 4.57. The first-order valence-corrected chi connectivity index (χ1v) is 8.66. The van der Waals surface area contributed by atoms with Crippen molar-refractivity contribution in [3.63, 3.8) is 0 Å². The number of aromatic nitrogens is 1. The highest BCUT2D eigenvalue weighted by molar-refractivity contribution is 7.94. The molecule has 114 valence electrons. The van der Waals surface area contributed by atoms with Gasteiger partial charge in [0, 0.05) is 13.7 Å². The molecule has 0 fully saturated rings. The van der Waals surface area contributed by atoms with Gasteiger partial charge < -0.3 is 10.1 Å². The van der Waals surface area contributed by atoms with Crippen molar-refractivity contribution in [2.75, 3.05) is 30.3 Å². The molecule has 21 heavy (non-hydrogen) atoms. The number of nitrogens with zero attached hydrogens (tertiary/aromatic N) is 1. The average Bonchev–Trinajstić information content (AvgIpc) is 2.88. The van der Waals surface area contributed by atoms with Crippen LogP contribution < -0.4 is 10.0 Å². The summed E-state index contributed by atoms with van der Waals surface area (Å²) < 4.78 is 32.0. The molecule has 0 radical (unpaired) electrons. The van der Waals surface area contributed by atoms with Gasteiger partial charge in [-0.1, -0.05) is 11.6 Å². The number of halogens is 1. The van der Waals surface area contributed by atoms with Crippen LogP contribution in [0, 0.1) is 0 Å². The average molecular weight is 348 g/mol. The quantitative estimate of drug-likeness (QED) is 0.753. The van der Waals surface area contributed by atoms with Crippen LogP contribution in [0.5, 0.6) is 0 Å². The minimum Gasteiger partial charge on any atom is -0.383 e. The zero-order valence-corrected chi connectivity index (χ0v) is 13.6. The first-order valence-electron chi connectivity index (χ1n) is 5.98. The molecule has 0 atom stereocenters. The summed E-state index contributed by atoms with van der Waals surface area (Å²) in [6.07, 6.45) is 1.55. The van der Waals surface area contributed by atoms with E-state index in [2.05, 4.69) is 15.0 Å². The molecule has 0 aliphatic heterocycles. The molecule has 0 aromatic carbocycles. The van der Waals surface area contributed by atoms with Gasteiger partial charge in [0.25, 0.3) is 10.0 Å². The van der Waals surface area contributed by atoms with E-state index in [9.17, 15) is 8.42 Å². The van der Waals surface area contributed by atoms with E-state index in [1.54, 1.807) is 25.4 Å². The van der Waals surface area contributed by atoms with Gasteiger partial charge in [0.15, 0.2) is 0 Å². The number of pyridine rings is 1. The van der Waals surface area contributed by atoms with Crippen LogP contribution in [0.25, 0.3) is 0 Å². The lowest BCUT2D eigenvalue weighted by atomic mass is 10.4. The summed E-state index contributed by atoms with van der Waals surface area (Å²) in [4.78, 5) is 4.05. The number of hydrogen-bond donors (Lipinski definition) is 2. The number of anilines is 2. The summed E-state index contributed by atoms with van der Waals surface area (Å²) in [6.45, 7) is 1.23. The fourth-order valence-electron chi connectivity index (χ4n) is 1.49. The zero-order valence-electron chi connectivity index (χ0n) is 11.2. The molecular formula is C12H14ClN3O3S2. The number of nitrogens with one attached hydrogen (secondary N) is 2. The number of rotatable bonds is 7. The Kier molecular flexibility index (Phi) is 5.40.